The number of piperidine rings is 1. The first-order valence-corrected chi connectivity index (χ1v) is 13.0. The van der Waals surface area contributed by atoms with Crippen LogP contribution >= 0.6 is 0 Å². The van der Waals surface area contributed by atoms with Gasteiger partial charge in [0, 0.05) is 53.7 Å². The van der Waals surface area contributed by atoms with E-state index in [4.69, 9.17) is 4.74 Å². The minimum Gasteiger partial charge on any atom is -0.486 e. The highest BCUT2D eigenvalue weighted by molar-refractivity contribution is 5.91. The molecule has 3 N–H and O–H groups in total. The number of urea groups is 1. The molecule has 11 heteroatoms. The number of nitrogens with zero attached hydrogens (tertiary/aromatic N) is 5. The number of hydrogen-bond acceptors (Lipinski definition) is 7. The lowest BCUT2D eigenvalue weighted by molar-refractivity contribution is 0.0267. The van der Waals surface area contributed by atoms with Gasteiger partial charge >= 0.3 is 6.03 Å². The van der Waals surface area contributed by atoms with Crippen molar-refractivity contribution in [3.8, 4) is 34.2 Å². The maximum absolute atomic E-state index is 15.2. The van der Waals surface area contributed by atoms with E-state index in [1.807, 2.05) is 41.3 Å². The second kappa shape index (κ2) is 9.89. The molecule has 10 nitrogen and oxygen atoms in total. The van der Waals surface area contributed by atoms with Crippen molar-refractivity contribution in [1.82, 2.24) is 24.8 Å². The summed E-state index contributed by atoms with van der Waals surface area (Å²) in [6, 6.07) is 15.1. The molecule has 2 aliphatic heterocycles. The standard InChI is InChI=1S/C29H28FN7O3/c1-29(2,39)16-40-25-10-23(26-19(11-31)13-34-37(26)27(25)30)18-6-7-24(33-12-18)17-4-3-5-20(8-17)35-28(38)36-21-9-22(36)15-32-14-21/h3-8,10,12-13,21-22,32,39H,9,14-16H2,1-2H3,(H,35,38). The summed E-state index contributed by atoms with van der Waals surface area (Å²) in [6.45, 7) is 4.62. The van der Waals surface area contributed by atoms with E-state index in [-0.39, 0.29) is 36.0 Å². The van der Waals surface area contributed by atoms with Crippen molar-refractivity contribution in [2.45, 2.75) is 38.0 Å². The van der Waals surface area contributed by atoms with Crippen molar-refractivity contribution in [3.05, 3.63) is 66.4 Å². The summed E-state index contributed by atoms with van der Waals surface area (Å²) in [5, 5.41) is 30.0. The van der Waals surface area contributed by atoms with Gasteiger partial charge in [-0.25, -0.2) is 9.31 Å². The summed E-state index contributed by atoms with van der Waals surface area (Å²) in [4.78, 5) is 19.4. The third-order valence-corrected chi connectivity index (χ3v) is 7.20. The molecule has 0 radical (unpaired) electrons. The maximum Gasteiger partial charge on any atom is 0.322 e. The van der Waals surface area contributed by atoms with Gasteiger partial charge in [-0.2, -0.15) is 14.8 Å². The second-order valence-electron chi connectivity index (χ2n) is 10.8. The van der Waals surface area contributed by atoms with Crippen LogP contribution in [0.25, 0.3) is 27.9 Å². The quantitative estimate of drug-likeness (QED) is 0.317. The molecule has 5 heterocycles. The van der Waals surface area contributed by atoms with Gasteiger partial charge < -0.3 is 25.4 Å². The number of anilines is 1. The third kappa shape index (κ3) is 4.72. The molecular weight excluding hydrogens is 513 g/mol. The van der Waals surface area contributed by atoms with E-state index in [1.165, 1.54) is 12.3 Å². The number of amides is 2. The summed E-state index contributed by atoms with van der Waals surface area (Å²) in [7, 11) is 0. The second-order valence-corrected chi connectivity index (χ2v) is 10.8. The Morgan fingerprint density at radius 2 is 2.02 bits per heavy atom. The molecule has 2 unspecified atom stereocenters. The lowest BCUT2D eigenvalue weighted by Gasteiger charge is -2.52. The van der Waals surface area contributed by atoms with Gasteiger partial charge in [0.2, 0.25) is 0 Å². The normalized spacial score (nSPS) is 18.2. The van der Waals surface area contributed by atoms with E-state index in [9.17, 15) is 15.2 Å². The zero-order chi connectivity index (χ0) is 28.0. The minimum atomic E-state index is -1.17. The Morgan fingerprint density at radius 3 is 2.70 bits per heavy atom. The fourth-order valence-electron chi connectivity index (χ4n) is 5.26. The highest BCUT2D eigenvalue weighted by atomic mass is 19.1. The molecule has 40 heavy (non-hydrogen) atoms. The summed E-state index contributed by atoms with van der Waals surface area (Å²) >= 11 is 0. The number of fused-ring (bicyclic) bond motifs is 3. The number of nitriles is 1. The Morgan fingerprint density at radius 1 is 1.23 bits per heavy atom. The highest BCUT2D eigenvalue weighted by Crippen LogP contribution is 2.34. The zero-order valence-electron chi connectivity index (χ0n) is 22.1. The Balaban J connectivity index is 1.28. The number of halogens is 1. The van der Waals surface area contributed by atoms with Crippen LogP contribution in [0, 0.1) is 17.3 Å². The Labute approximate surface area is 230 Å². The summed E-state index contributed by atoms with van der Waals surface area (Å²) in [5.74, 6) is -0.877. The highest BCUT2D eigenvalue weighted by Gasteiger charge is 2.44. The number of nitrogens with one attached hydrogen (secondary N) is 2. The van der Waals surface area contributed by atoms with Crippen molar-refractivity contribution in [2.24, 2.45) is 0 Å². The van der Waals surface area contributed by atoms with Crippen LogP contribution in [0.2, 0.25) is 0 Å². The third-order valence-electron chi connectivity index (χ3n) is 7.20. The molecule has 0 aliphatic carbocycles. The number of carbonyl (C=O) groups excluding carboxylic acids is 1. The molecule has 1 aromatic carbocycles. The van der Waals surface area contributed by atoms with E-state index in [0.29, 0.717) is 28.0 Å². The molecule has 0 spiro atoms. The Bertz CT molecular complexity index is 1620. The van der Waals surface area contributed by atoms with Gasteiger partial charge in [0.05, 0.1) is 28.6 Å². The minimum absolute atomic E-state index is 0.0970. The van der Waals surface area contributed by atoms with Gasteiger partial charge in [0.1, 0.15) is 12.7 Å². The molecule has 2 fully saturated rings. The van der Waals surface area contributed by atoms with Crippen molar-refractivity contribution in [1.29, 1.82) is 5.26 Å². The first-order valence-electron chi connectivity index (χ1n) is 13.0. The maximum atomic E-state index is 15.2. The van der Waals surface area contributed by atoms with Gasteiger partial charge in [-0.15, -0.1) is 0 Å². The molecule has 4 aromatic rings. The molecular formula is C29H28FN7O3. The van der Waals surface area contributed by atoms with Gasteiger partial charge in [0.25, 0.3) is 5.95 Å². The van der Waals surface area contributed by atoms with Crippen molar-refractivity contribution in [2.75, 3.05) is 25.0 Å². The van der Waals surface area contributed by atoms with Crippen molar-refractivity contribution < 1.29 is 19.0 Å². The first-order chi connectivity index (χ1) is 19.2. The summed E-state index contributed by atoms with van der Waals surface area (Å²) in [6.07, 6.45) is 3.97. The summed E-state index contributed by atoms with van der Waals surface area (Å²) < 4.78 is 21.8. The van der Waals surface area contributed by atoms with E-state index >= 15 is 4.39 Å². The van der Waals surface area contributed by atoms with E-state index in [2.05, 4.69) is 26.8 Å². The molecule has 204 valence electrons. The Hall–Kier alpha value is -4.53. The average Bonchev–Trinajstić information content (AvgIpc) is 3.38. The number of aromatic nitrogens is 3. The smallest absolute Gasteiger partial charge is 0.322 e. The molecule has 2 aliphatic rings. The van der Waals surface area contributed by atoms with Crippen LogP contribution in [0.5, 0.6) is 5.75 Å². The molecule has 3 aromatic heterocycles. The number of carbonyl (C=O) groups is 1. The number of hydrogen-bond donors (Lipinski definition) is 3. The molecule has 6 rings (SSSR count). The van der Waals surface area contributed by atoms with Crippen LogP contribution in [-0.2, 0) is 0 Å². The average molecular weight is 542 g/mol. The zero-order valence-corrected chi connectivity index (χ0v) is 22.1. The topological polar surface area (TPSA) is 128 Å². The number of benzene rings is 1. The fourth-order valence-corrected chi connectivity index (χ4v) is 5.26. The molecule has 2 atom stereocenters. The molecule has 2 saturated heterocycles. The van der Waals surface area contributed by atoms with Crippen LogP contribution in [-0.4, -0.2) is 68.0 Å². The number of pyridine rings is 2. The number of aliphatic hydroxyl groups is 1. The fraction of sp³-hybridized carbons (Fsp3) is 0.310. The molecule has 2 amide bonds. The van der Waals surface area contributed by atoms with E-state index < -0.39 is 11.5 Å². The number of rotatable bonds is 6. The van der Waals surface area contributed by atoms with E-state index in [0.717, 1.165) is 29.6 Å². The SMILES string of the molecule is CC(C)(O)COc1cc(-c2ccc(-c3cccc(NC(=O)N4C5CNCC4C5)c3)nc2)c2c(C#N)cnn2c1F. The number of piperazine rings is 1. The predicted molar refractivity (Wildman–Crippen MR) is 146 cm³/mol. The van der Waals surface area contributed by atoms with Crippen molar-refractivity contribution in [3.63, 3.8) is 0 Å². The largest absolute Gasteiger partial charge is 0.486 e. The molecule has 0 saturated carbocycles. The summed E-state index contributed by atoms with van der Waals surface area (Å²) in [5.41, 5.74) is 2.63. The van der Waals surface area contributed by atoms with Crippen LogP contribution in [0.1, 0.15) is 25.8 Å². The monoisotopic (exact) mass is 541 g/mol. The van der Waals surface area contributed by atoms with Crippen LogP contribution in [0.4, 0.5) is 14.9 Å². The van der Waals surface area contributed by atoms with Crippen molar-refractivity contribution >= 4 is 17.2 Å². The van der Waals surface area contributed by atoms with Crippen LogP contribution < -0.4 is 15.4 Å². The van der Waals surface area contributed by atoms with Gasteiger partial charge in [-0.05, 0) is 44.5 Å². The lowest BCUT2D eigenvalue weighted by Crippen LogP contribution is -2.70. The first kappa shape index (κ1) is 25.7. The van der Waals surface area contributed by atoms with E-state index in [1.54, 1.807) is 20.0 Å². The van der Waals surface area contributed by atoms with Crippen LogP contribution in [0.15, 0.2) is 54.9 Å². The van der Waals surface area contributed by atoms with Gasteiger partial charge in [-0.3, -0.25) is 4.98 Å². The lowest BCUT2D eigenvalue weighted by atomic mass is 9.89. The van der Waals surface area contributed by atoms with Crippen LogP contribution in [0.3, 0.4) is 0 Å². The Kier molecular flexibility index (Phi) is 6.37. The van der Waals surface area contributed by atoms with Gasteiger partial charge in [-0.1, -0.05) is 18.2 Å². The predicted octanol–water partition coefficient (Wildman–Crippen LogP) is 3.80. The number of ether oxygens (including phenoxy) is 1. The molecule has 2 bridgehead atoms. The van der Waals surface area contributed by atoms with Gasteiger partial charge in [0.15, 0.2) is 5.75 Å².